The van der Waals surface area contributed by atoms with E-state index in [0.29, 0.717) is 72.1 Å². The maximum atomic E-state index is 13.7. The standard InChI is InChI=1S/C37H52N4O9/c1-26(31(14-15-33(38)42)40-37(45)32-23-30-8-2-6-29-7-3-9-35(44)41(32)36(29)30)50-24-28-12-10-27(11-13-28)5-4-16-46-17-18-47-19-20-48-21-22-49-25-34(39)43/h2,6,8,10-13,26,31-32H,3-5,7,9,14-25H2,1H3,(H2,38,42)(H2,39,43)(H,40,45)/t26-,31+,32+/m1/s1. The topological polar surface area (TPSA) is 182 Å². The van der Waals surface area contributed by atoms with Crippen LogP contribution in [0.1, 0.15) is 61.3 Å². The summed E-state index contributed by atoms with van der Waals surface area (Å²) in [6, 6.07) is 13.1. The molecular formula is C37H52N4O9. The normalized spacial score (nSPS) is 16.5. The van der Waals surface area contributed by atoms with Crippen LogP contribution in [0.3, 0.4) is 0 Å². The van der Waals surface area contributed by atoms with Gasteiger partial charge in [0.25, 0.3) is 0 Å². The molecule has 2 aromatic carbocycles. The second kappa shape index (κ2) is 20.7. The molecule has 0 aromatic heterocycles. The first-order valence-corrected chi connectivity index (χ1v) is 17.5. The zero-order valence-corrected chi connectivity index (χ0v) is 29.1. The van der Waals surface area contributed by atoms with Gasteiger partial charge in [0.1, 0.15) is 12.6 Å². The summed E-state index contributed by atoms with van der Waals surface area (Å²) in [5, 5.41) is 3.10. The molecule has 50 heavy (non-hydrogen) atoms. The number of carbonyl (C=O) groups is 4. The number of amides is 4. The van der Waals surface area contributed by atoms with Crippen molar-refractivity contribution in [1.29, 1.82) is 0 Å². The molecular weight excluding hydrogens is 644 g/mol. The molecule has 4 rings (SSSR count). The van der Waals surface area contributed by atoms with Crippen LogP contribution in [0.5, 0.6) is 0 Å². The Morgan fingerprint density at radius 3 is 2.16 bits per heavy atom. The van der Waals surface area contributed by atoms with E-state index >= 15 is 0 Å². The summed E-state index contributed by atoms with van der Waals surface area (Å²) in [7, 11) is 0. The highest BCUT2D eigenvalue weighted by molar-refractivity contribution is 6.04. The van der Waals surface area contributed by atoms with Crippen LogP contribution in [0, 0.1) is 0 Å². The Kier molecular flexibility index (Phi) is 16.1. The number of rotatable bonds is 24. The minimum absolute atomic E-state index is 0.0326. The van der Waals surface area contributed by atoms with Crippen molar-refractivity contribution in [2.45, 2.75) is 83.1 Å². The molecule has 13 nitrogen and oxygen atoms in total. The Morgan fingerprint density at radius 2 is 1.48 bits per heavy atom. The molecule has 274 valence electrons. The third kappa shape index (κ3) is 12.5. The van der Waals surface area contributed by atoms with E-state index in [2.05, 4.69) is 17.4 Å². The molecule has 3 atom stereocenters. The van der Waals surface area contributed by atoms with Gasteiger partial charge in [0, 0.05) is 25.9 Å². The fourth-order valence-electron chi connectivity index (χ4n) is 6.19. The lowest BCUT2D eigenvalue weighted by molar-refractivity contribution is -0.128. The van der Waals surface area contributed by atoms with E-state index in [9.17, 15) is 19.2 Å². The van der Waals surface area contributed by atoms with Gasteiger partial charge in [0.2, 0.25) is 23.6 Å². The average Bonchev–Trinajstić information content (AvgIpc) is 3.41. The number of anilines is 1. The summed E-state index contributed by atoms with van der Waals surface area (Å²) in [6.45, 7) is 5.29. The zero-order chi connectivity index (χ0) is 35.7. The van der Waals surface area contributed by atoms with Crippen molar-refractivity contribution in [1.82, 2.24) is 5.32 Å². The van der Waals surface area contributed by atoms with E-state index < -0.39 is 30.0 Å². The molecule has 0 saturated heterocycles. The predicted molar refractivity (Wildman–Crippen MR) is 186 cm³/mol. The molecule has 2 aliphatic rings. The molecule has 5 N–H and O–H groups in total. The third-order valence-electron chi connectivity index (χ3n) is 8.82. The summed E-state index contributed by atoms with van der Waals surface area (Å²) in [5.41, 5.74) is 15.6. The highest BCUT2D eigenvalue weighted by Gasteiger charge is 2.41. The van der Waals surface area contributed by atoms with Crippen LogP contribution < -0.4 is 21.7 Å². The van der Waals surface area contributed by atoms with Crippen LogP contribution in [-0.4, -0.2) is 94.7 Å². The van der Waals surface area contributed by atoms with Crippen LogP contribution in [0.2, 0.25) is 0 Å². The maximum absolute atomic E-state index is 13.7. The van der Waals surface area contributed by atoms with E-state index in [1.807, 2.05) is 37.3 Å². The number of primary amides is 2. The SMILES string of the molecule is C[C@@H](OCc1ccc(CCCOCCOCCOCCOCC(N)=O)cc1)[C@H](CCC(N)=O)NC(=O)[C@@H]1Cc2cccc3c2N1C(=O)CCC3. The van der Waals surface area contributed by atoms with Crippen LogP contribution >= 0.6 is 0 Å². The number of hydrogen-bond acceptors (Lipinski definition) is 9. The van der Waals surface area contributed by atoms with Crippen molar-refractivity contribution in [3.63, 3.8) is 0 Å². The van der Waals surface area contributed by atoms with Crippen LogP contribution in [-0.2, 0) is 68.7 Å². The fourth-order valence-corrected chi connectivity index (χ4v) is 6.19. The summed E-state index contributed by atoms with van der Waals surface area (Å²) in [6.07, 6.45) is 4.22. The monoisotopic (exact) mass is 696 g/mol. The van der Waals surface area contributed by atoms with Crippen molar-refractivity contribution in [3.8, 4) is 0 Å². The highest BCUT2D eigenvalue weighted by Crippen LogP contribution is 2.39. The molecule has 2 aromatic rings. The van der Waals surface area contributed by atoms with Crippen molar-refractivity contribution in [2.75, 3.05) is 57.8 Å². The van der Waals surface area contributed by atoms with Crippen LogP contribution in [0.15, 0.2) is 42.5 Å². The molecule has 0 saturated carbocycles. The highest BCUT2D eigenvalue weighted by atomic mass is 16.6. The van der Waals surface area contributed by atoms with Gasteiger partial charge < -0.3 is 40.5 Å². The van der Waals surface area contributed by atoms with Gasteiger partial charge >= 0.3 is 0 Å². The number of hydrogen-bond donors (Lipinski definition) is 3. The zero-order valence-electron chi connectivity index (χ0n) is 29.1. The first-order valence-electron chi connectivity index (χ1n) is 17.5. The van der Waals surface area contributed by atoms with Gasteiger partial charge in [0.15, 0.2) is 0 Å². The summed E-state index contributed by atoms with van der Waals surface area (Å²) < 4.78 is 27.7. The molecule has 0 spiro atoms. The van der Waals surface area contributed by atoms with Gasteiger partial charge in [0.05, 0.1) is 64.1 Å². The number of carbonyl (C=O) groups excluding carboxylic acids is 4. The Balaban J connectivity index is 1.14. The number of nitrogens with zero attached hydrogens (tertiary/aromatic N) is 1. The molecule has 2 heterocycles. The largest absolute Gasteiger partial charge is 0.379 e. The Bertz CT molecular complexity index is 1400. The molecule has 0 aliphatic carbocycles. The van der Waals surface area contributed by atoms with Crippen molar-refractivity contribution >= 4 is 29.3 Å². The summed E-state index contributed by atoms with van der Waals surface area (Å²) >= 11 is 0. The minimum Gasteiger partial charge on any atom is -0.379 e. The Labute approximate surface area is 294 Å². The minimum atomic E-state index is -0.634. The number of aryl methyl sites for hydroxylation is 2. The molecule has 2 aliphatic heterocycles. The quantitative estimate of drug-likeness (QED) is 0.139. The molecule has 0 unspecified atom stereocenters. The van der Waals surface area contributed by atoms with E-state index in [0.717, 1.165) is 48.1 Å². The van der Waals surface area contributed by atoms with Gasteiger partial charge in [-0.3, -0.25) is 24.1 Å². The second-order valence-electron chi connectivity index (χ2n) is 12.7. The lowest BCUT2D eigenvalue weighted by Crippen LogP contribution is -2.53. The molecule has 0 fully saturated rings. The van der Waals surface area contributed by atoms with Gasteiger partial charge in [-0.15, -0.1) is 0 Å². The average molecular weight is 697 g/mol. The van der Waals surface area contributed by atoms with Gasteiger partial charge in [-0.2, -0.15) is 0 Å². The number of benzene rings is 2. The van der Waals surface area contributed by atoms with Gasteiger partial charge in [-0.1, -0.05) is 42.5 Å². The van der Waals surface area contributed by atoms with E-state index in [1.54, 1.807) is 4.90 Å². The molecule has 4 amide bonds. The summed E-state index contributed by atoms with van der Waals surface area (Å²) in [5.74, 6) is -1.23. The van der Waals surface area contributed by atoms with Crippen molar-refractivity contribution in [2.24, 2.45) is 11.5 Å². The van der Waals surface area contributed by atoms with Crippen molar-refractivity contribution in [3.05, 3.63) is 64.7 Å². The van der Waals surface area contributed by atoms with Crippen molar-refractivity contribution < 1.29 is 42.9 Å². The number of para-hydroxylation sites is 1. The van der Waals surface area contributed by atoms with E-state index in [1.165, 1.54) is 5.56 Å². The molecule has 0 radical (unpaired) electrons. The number of nitrogens with one attached hydrogen (secondary N) is 1. The maximum Gasteiger partial charge on any atom is 0.243 e. The Morgan fingerprint density at radius 1 is 0.840 bits per heavy atom. The first kappa shape index (κ1) is 38.9. The lowest BCUT2D eigenvalue weighted by atomic mass is 10.0. The second-order valence-corrected chi connectivity index (χ2v) is 12.7. The van der Waals surface area contributed by atoms with Crippen LogP contribution in [0.25, 0.3) is 0 Å². The first-order chi connectivity index (χ1) is 24.2. The lowest BCUT2D eigenvalue weighted by Gasteiger charge is -2.29. The van der Waals surface area contributed by atoms with E-state index in [-0.39, 0.29) is 24.8 Å². The fraction of sp³-hybridized carbons (Fsp3) is 0.568. The van der Waals surface area contributed by atoms with E-state index in [4.69, 9.17) is 35.2 Å². The molecule has 13 heteroatoms. The smallest absolute Gasteiger partial charge is 0.243 e. The number of ether oxygens (including phenoxy) is 5. The third-order valence-corrected chi connectivity index (χ3v) is 8.82. The van der Waals surface area contributed by atoms with Gasteiger partial charge in [-0.25, -0.2) is 0 Å². The predicted octanol–water partition coefficient (Wildman–Crippen LogP) is 2.12. The Hall–Kier alpha value is -3.88. The number of nitrogens with two attached hydrogens (primary N) is 2. The molecule has 0 bridgehead atoms. The summed E-state index contributed by atoms with van der Waals surface area (Å²) in [4.78, 5) is 50.7. The van der Waals surface area contributed by atoms with Gasteiger partial charge in [-0.05, 0) is 61.3 Å². The van der Waals surface area contributed by atoms with Crippen LogP contribution in [0.4, 0.5) is 5.69 Å².